The lowest BCUT2D eigenvalue weighted by Gasteiger charge is -2.11. The molecule has 0 aromatic heterocycles. The lowest BCUT2D eigenvalue weighted by molar-refractivity contribution is 0.112. The zero-order valence-electron chi connectivity index (χ0n) is 9.61. The fourth-order valence-electron chi connectivity index (χ4n) is 1.76. The average molecular weight is 265 g/mol. The van der Waals surface area contributed by atoms with Crippen LogP contribution in [0.2, 0.25) is 5.02 Å². The minimum absolute atomic E-state index is 0.386. The number of carbonyl (C=O) groups excluding carboxylic acids is 1. The van der Waals surface area contributed by atoms with Crippen LogP contribution in [0.15, 0.2) is 36.4 Å². The predicted molar refractivity (Wildman–Crippen MR) is 68.8 cm³/mol. The van der Waals surface area contributed by atoms with Gasteiger partial charge in [0.2, 0.25) is 0 Å². The minimum Gasteiger partial charge on any atom is -0.496 e. The Labute approximate surface area is 109 Å². The van der Waals surface area contributed by atoms with Gasteiger partial charge in [-0.25, -0.2) is 4.39 Å². The molecule has 4 heteroatoms. The van der Waals surface area contributed by atoms with Crippen LogP contribution >= 0.6 is 11.6 Å². The first-order valence-electron chi connectivity index (χ1n) is 5.24. The number of hydrogen-bond acceptors (Lipinski definition) is 2. The van der Waals surface area contributed by atoms with Gasteiger partial charge in [-0.2, -0.15) is 0 Å². The Morgan fingerprint density at radius 3 is 2.61 bits per heavy atom. The maximum Gasteiger partial charge on any atom is 0.150 e. The van der Waals surface area contributed by atoms with E-state index in [1.807, 2.05) is 0 Å². The number of carbonyl (C=O) groups is 1. The van der Waals surface area contributed by atoms with Gasteiger partial charge in [0, 0.05) is 16.1 Å². The van der Waals surface area contributed by atoms with Crippen molar-refractivity contribution < 1.29 is 13.9 Å². The van der Waals surface area contributed by atoms with Crippen LogP contribution in [0.25, 0.3) is 11.1 Å². The molecular formula is C14H10ClFO2. The number of methoxy groups -OCH3 is 1. The zero-order chi connectivity index (χ0) is 13.1. The summed E-state index contributed by atoms with van der Waals surface area (Å²) in [5.74, 6) is 0.116. The first-order chi connectivity index (χ1) is 8.65. The second-order valence-corrected chi connectivity index (χ2v) is 4.13. The molecule has 2 nitrogen and oxygen atoms in total. The fraction of sp³-hybridized carbons (Fsp3) is 0.0714. The molecule has 0 saturated heterocycles. The summed E-state index contributed by atoms with van der Waals surface area (Å²) in [6.07, 6.45) is 0.676. The second kappa shape index (κ2) is 5.19. The van der Waals surface area contributed by atoms with Gasteiger partial charge in [0.15, 0.2) is 6.29 Å². The van der Waals surface area contributed by atoms with Crippen molar-refractivity contribution in [1.29, 1.82) is 0 Å². The molecular weight excluding hydrogens is 255 g/mol. The SMILES string of the molecule is COc1ccc(Cl)cc1-c1cc(F)ccc1C=O. The molecule has 0 atom stereocenters. The molecule has 0 radical (unpaired) electrons. The van der Waals surface area contributed by atoms with Crippen LogP contribution in [-0.2, 0) is 0 Å². The van der Waals surface area contributed by atoms with Crippen molar-refractivity contribution in [2.24, 2.45) is 0 Å². The van der Waals surface area contributed by atoms with Crippen molar-refractivity contribution in [3.63, 3.8) is 0 Å². The molecule has 0 unspecified atom stereocenters. The molecule has 0 spiro atoms. The molecule has 0 N–H and O–H groups in total. The number of aldehydes is 1. The average Bonchev–Trinajstić information content (AvgIpc) is 2.38. The molecule has 0 aliphatic rings. The van der Waals surface area contributed by atoms with Crippen LogP contribution in [0.4, 0.5) is 4.39 Å². The molecule has 0 aliphatic heterocycles. The molecule has 0 heterocycles. The summed E-state index contributed by atoms with van der Waals surface area (Å²) in [6, 6.07) is 8.95. The standard InChI is InChI=1S/C14H10ClFO2/c1-18-14-5-3-10(15)6-13(14)12-7-11(16)4-2-9(12)8-17/h2-8H,1H3. The van der Waals surface area contributed by atoms with Crippen molar-refractivity contribution in [3.05, 3.63) is 52.8 Å². The molecule has 0 bridgehead atoms. The van der Waals surface area contributed by atoms with E-state index in [0.29, 0.717) is 33.7 Å². The smallest absolute Gasteiger partial charge is 0.150 e. The summed E-state index contributed by atoms with van der Waals surface area (Å²) in [4.78, 5) is 11.0. The summed E-state index contributed by atoms with van der Waals surface area (Å²) in [7, 11) is 1.51. The van der Waals surface area contributed by atoms with Crippen LogP contribution in [0, 0.1) is 5.82 Å². The van der Waals surface area contributed by atoms with Gasteiger partial charge in [0.05, 0.1) is 7.11 Å². The van der Waals surface area contributed by atoms with Gasteiger partial charge in [-0.15, -0.1) is 0 Å². The quantitative estimate of drug-likeness (QED) is 0.784. The van der Waals surface area contributed by atoms with E-state index in [0.717, 1.165) is 0 Å². The van der Waals surface area contributed by atoms with Crippen LogP contribution < -0.4 is 4.74 Å². The molecule has 2 rings (SSSR count). The molecule has 0 aliphatic carbocycles. The van der Waals surface area contributed by atoms with E-state index in [1.54, 1.807) is 18.2 Å². The topological polar surface area (TPSA) is 26.3 Å². The number of hydrogen-bond donors (Lipinski definition) is 0. The third-order valence-corrected chi connectivity index (χ3v) is 2.83. The van der Waals surface area contributed by atoms with Crippen molar-refractivity contribution in [1.82, 2.24) is 0 Å². The van der Waals surface area contributed by atoms with Crippen LogP contribution in [0.3, 0.4) is 0 Å². The Morgan fingerprint density at radius 2 is 1.94 bits per heavy atom. The summed E-state index contributed by atoms with van der Waals surface area (Å²) >= 11 is 5.92. The van der Waals surface area contributed by atoms with E-state index in [4.69, 9.17) is 16.3 Å². The van der Waals surface area contributed by atoms with Crippen molar-refractivity contribution >= 4 is 17.9 Å². The van der Waals surface area contributed by atoms with Crippen LogP contribution in [-0.4, -0.2) is 13.4 Å². The minimum atomic E-state index is -0.419. The Balaban J connectivity index is 2.70. The van der Waals surface area contributed by atoms with Gasteiger partial charge in [-0.3, -0.25) is 4.79 Å². The van der Waals surface area contributed by atoms with Crippen LogP contribution in [0.5, 0.6) is 5.75 Å². The van der Waals surface area contributed by atoms with Gasteiger partial charge in [0.25, 0.3) is 0 Å². The number of halogens is 2. The molecule has 0 amide bonds. The molecule has 18 heavy (non-hydrogen) atoms. The van der Waals surface area contributed by atoms with Crippen molar-refractivity contribution in [2.45, 2.75) is 0 Å². The summed E-state index contributed by atoms with van der Waals surface area (Å²) in [6.45, 7) is 0. The van der Waals surface area contributed by atoms with E-state index >= 15 is 0 Å². The van der Waals surface area contributed by atoms with E-state index in [9.17, 15) is 9.18 Å². The van der Waals surface area contributed by atoms with E-state index in [2.05, 4.69) is 0 Å². The van der Waals surface area contributed by atoms with Gasteiger partial charge in [0.1, 0.15) is 11.6 Å². The number of ether oxygens (including phenoxy) is 1. The van der Waals surface area contributed by atoms with E-state index in [1.165, 1.54) is 25.3 Å². The highest BCUT2D eigenvalue weighted by atomic mass is 35.5. The molecule has 2 aromatic carbocycles. The highest BCUT2D eigenvalue weighted by Gasteiger charge is 2.11. The fourth-order valence-corrected chi connectivity index (χ4v) is 1.93. The predicted octanol–water partition coefficient (Wildman–Crippen LogP) is 3.97. The normalized spacial score (nSPS) is 10.2. The summed E-state index contributed by atoms with van der Waals surface area (Å²) in [5.41, 5.74) is 1.44. The highest BCUT2D eigenvalue weighted by Crippen LogP contribution is 2.34. The summed E-state index contributed by atoms with van der Waals surface area (Å²) < 4.78 is 18.5. The van der Waals surface area contributed by atoms with Crippen molar-refractivity contribution in [3.8, 4) is 16.9 Å². The van der Waals surface area contributed by atoms with E-state index < -0.39 is 5.82 Å². The lowest BCUT2D eigenvalue weighted by atomic mass is 9.99. The van der Waals surface area contributed by atoms with Gasteiger partial charge >= 0.3 is 0 Å². The summed E-state index contributed by atoms with van der Waals surface area (Å²) in [5, 5.41) is 0.493. The molecule has 0 fully saturated rings. The van der Waals surface area contributed by atoms with Crippen molar-refractivity contribution in [2.75, 3.05) is 7.11 Å². The Kier molecular flexibility index (Phi) is 3.63. The Hall–Kier alpha value is -1.87. The second-order valence-electron chi connectivity index (χ2n) is 3.69. The monoisotopic (exact) mass is 264 g/mol. The van der Waals surface area contributed by atoms with E-state index in [-0.39, 0.29) is 0 Å². The first kappa shape index (κ1) is 12.6. The molecule has 0 saturated carbocycles. The largest absolute Gasteiger partial charge is 0.496 e. The highest BCUT2D eigenvalue weighted by molar-refractivity contribution is 6.31. The van der Waals surface area contributed by atoms with Gasteiger partial charge in [-0.05, 0) is 42.0 Å². The molecule has 92 valence electrons. The molecule has 2 aromatic rings. The zero-order valence-corrected chi connectivity index (χ0v) is 10.4. The maximum atomic E-state index is 13.3. The first-order valence-corrected chi connectivity index (χ1v) is 5.62. The van der Waals surface area contributed by atoms with Gasteiger partial charge in [-0.1, -0.05) is 11.6 Å². The number of benzene rings is 2. The Morgan fingerprint density at radius 1 is 1.17 bits per heavy atom. The Bertz CT molecular complexity index is 596. The van der Waals surface area contributed by atoms with Crippen LogP contribution in [0.1, 0.15) is 10.4 Å². The lowest BCUT2D eigenvalue weighted by Crippen LogP contribution is -1.93. The third-order valence-electron chi connectivity index (χ3n) is 2.59. The third kappa shape index (κ3) is 2.36. The maximum absolute atomic E-state index is 13.3. The number of rotatable bonds is 3. The van der Waals surface area contributed by atoms with Gasteiger partial charge < -0.3 is 4.74 Å².